The van der Waals surface area contributed by atoms with Crippen molar-refractivity contribution in [2.75, 3.05) is 13.7 Å². The Labute approximate surface area is 162 Å². The Kier molecular flexibility index (Phi) is 5.70. The third-order valence-electron chi connectivity index (χ3n) is 4.48. The number of hydrogen-bond donors (Lipinski definition) is 0. The van der Waals surface area contributed by atoms with Crippen LogP contribution in [-0.4, -0.2) is 40.9 Å². The number of hydrogen-bond acceptors (Lipinski definition) is 6. The molecule has 1 amide bonds. The number of fused-ring (bicyclic) bond motifs is 1. The molecule has 0 bridgehead atoms. The molecule has 0 spiro atoms. The lowest BCUT2D eigenvalue weighted by molar-refractivity contribution is -0.139. The Morgan fingerprint density at radius 2 is 2.22 bits per heavy atom. The first-order valence-electron chi connectivity index (χ1n) is 8.73. The van der Waals surface area contributed by atoms with E-state index in [0.717, 1.165) is 5.56 Å². The molecule has 1 saturated heterocycles. The summed E-state index contributed by atoms with van der Waals surface area (Å²) in [5.41, 5.74) is 1.69. The average Bonchev–Trinajstić information content (AvgIpc) is 3.00. The molecule has 27 heavy (non-hydrogen) atoms. The molecule has 0 aliphatic carbocycles. The standard InChI is InChI=1S/C20H22N2O4S/c1-5-10-26-19(24)16-12(3)21-20-22(18(23)15(6-2)27-20)17(16)13-8-7-9-14(11-13)25-4/h5,7-9,11,15,17H,1,6,10H2,2-4H3. The van der Waals surface area contributed by atoms with E-state index in [4.69, 9.17) is 9.47 Å². The number of carbonyl (C=O) groups excluding carboxylic acids is 2. The van der Waals surface area contributed by atoms with Crippen molar-refractivity contribution in [3.8, 4) is 5.75 Å². The topological polar surface area (TPSA) is 68.2 Å². The highest BCUT2D eigenvalue weighted by Crippen LogP contribution is 2.44. The number of rotatable bonds is 6. The second kappa shape index (κ2) is 8.00. The number of amides is 1. The largest absolute Gasteiger partial charge is 0.497 e. The number of allylic oxidation sites excluding steroid dienone is 1. The molecule has 2 aliphatic rings. The van der Waals surface area contributed by atoms with Gasteiger partial charge < -0.3 is 9.47 Å². The van der Waals surface area contributed by atoms with Gasteiger partial charge in [0.05, 0.1) is 29.7 Å². The lowest BCUT2D eigenvalue weighted by atomic mass is 9.94. The van der Waals surface area contributed by atoms with Gasteiger partial charge in [-0.25, -0.2) is 9.79 Å². The van der Waals surface area contributed by atoms with Crippen LogP contribution >= 0.6 is 11.8 Å². The van der Waals surface area contributed by atoms with Gasteiger partial charge in [-0.1, -0.05) is 43.5 Å². The second-order valence-electron chi connectivity index (χ2n) is 6.18. The zero-order valence-electron chi connectivity index (χ0n) is 15.6. The van der Waals surface area contributed by atoms with E-state index < -0.39 is 12.0 Å². The minimum absolute atomic E-state index is 0.0457. The summed E-state index contributed by atoms with van der Waals surface area (Å²) < 4.78 is 10.6. The number of methoxy groups -OCH3 is 1. The highest BCUT2D eigenvalue weighted by molar-refractivity contribution is 8.15. The van der Waals surface area contributed by atoms with Crippen molar-refractivity contribution < 1.29 is 19.1 Å². The van der Waals surface area contributed by atoms with Gasteiger partial charge in [-0.15, -0.1) is 0 Å². The summed E-state index contributed by atoms with van der Waals surface area (Å²) in [6, 6.07) is 6.78. The van der Waals surface area contributed by atoms with E-state index >= 15 is 0 Å². The Balaban J connectivity index is 2.12. The number of esters is 1. The van der Waals surface area contributed by atoms with Crippen LogP contribution < -0.4 is 4.74 Å². The van der Waals surface area contributed by atoms with Gasteiger partial charge >= 0.3 is 5.97 Å². The van der Waals surface area contributed by atoms with E-state index in [1.807, 2.05) is 31.2 Å². The number of nitrogens with zero attached hydrogens (tertiary/aromatic N) is 2. The van der Waals surface area contributed by atoms with Crippen LogP contribution in [0.4, 0.5) is 0 Å². The maximum absolute atomic E-state index is 13.0. The molecular formula is C20H22N2O4S. The highest BCUT2D eigenvalue weighted by atomic mass is 32.2. The molecule has 0 saturated carbocycles. The molecule has 0 aromatic heterocycles. The van der Waals surface area contributed by atoms with Crippen molar-refractivity contribution in [1.82, 2.24) is 4.90 Å². The molecule has 1 aromatic carbocycles. The predicted molar refractivity (Wildman–Crippen MR) is 106 cm³/mol. The molecular weight excluding hydrogens is 364 g/mol. The summed E-state index contributed by atoms with van der Waals surface area (Å²) in [5, 5.41) is 0.422. The zero-order chi connectivity index (χ0) is 19.6. The maximum atomic E-state index is 13.0. The first-order valence-corrected chi connectivity index (χ1v) is 9.60. The van der Waals surface area contributed by atoms with Gasteiger partial charge in [0, 0.05) is 0 Å². The van der Waals surface area contributed by atoms with Gasteiger partial charge in [0.2, 0.25) is 5.91 Å². The summed E-state index contributed by atoms with van der Waals surface area (Å²) in [5.74, 6) is 0.107. The van der Waals surface area contributed by atoms with E-state index in [9.17, 15) is 9.59 Å². The van der Waals surface area contributed by atoms with Gasteiger partial charge in [0.1, 0.15) is 12.4 Å². The van der Waals surface area contributed by atoms with E-state index in [1.165, 1.54) is 17.8 Å². The van der Waals surface area contributed by atoms with E-state index in [-0.39, 0.29) is 17.8 Å². The minimum Gasteiger partial charge on any atom is -0.497 e. The monoisotopic (exact) mass is 386 g/mol. The van der Waals surface area contributed by atoms with Gasteiger partial charge in [-0.05, 0) is 31.0 Å². The molecule has 0 radical (unpaired) electrons. The number of thioether (sulfide) groups is 1. The normalized spacial score (nSPS) is 21.7. The average molecular weight is 386 g/mol. The number of ether oxygens (including phenoxy) is 2. The summed E-state index contributed by atoms with van der Waals surface area (Å²) in [7, 11) is 1.58. The Bertz CT molecular complexity index is 846. The Morgan fingerprint density at radius 3 is 2.89 bits per heavy atom. The SMILES string of the molecule is C=CCOC(=O)C1=C(C)N=C2SC(CC)C(=O)N2C1c1cccc(OC)c1. The van der Waals surface area contributed by atoms with Crippen molar-refractivity contribution in [1.29, 1.82) is 0 Å². The van der Waals surface area contributed by atoms with Crippen LogP contribution in [0.3, 0.4) is 0 Å². The van der Waals surface area contributed by atoms with Crippen LogP contribution in [0, 0.1) is 0 Å². The number of benzene rings is 1. The molecule has 2 atom stereocenters. The molecule has 6 nitrogen and oxygen atoms in total. The van der Waals surface area contributed by atoms with E-state index in [1.54, 1.807) is 18.9 Å². The molecule has 2 unspecified atom stereocenters. The van der Waals surface area contributed by atoms with Gasteiger partial charge in [-0.3, -0.25) is 9.69 Å². The Morgan fingerprint density at radius 1 is 1.44 bits per heavy atom. The molecule has 7 heteroatoms. The fourth-order valence-electron chi connectivity index (χ4n) is 3.19. The van der Waals surface area contributed by atoms with Crippen LogP contribution in [0.25, 0.3) is 0 Å². The zero-order valence-corrected chi connectivity index (χ0v) is 16.4. The quantitative estimate of drug-likeness (QED) is 0.553. The van der Waals surface area contributed by atoms with Gasteiger partial charge in [0.15, 0.2) is 5.17 Å². The number of amidine groups is 1. The van der Waals surface area contributed by atoms with Crippen molar-refractivity contribution in [3.05, 3.63) is 53.8 Å². The third kappa shape index (κ3) is 3.51. The first kappa shape index (κ1) is 19.2. The molecule has 0 N–H and O–H groups in total. The van der Waals surface area contributed by atoms with E-state index in [0.29, 0.717) is 28.6 Å². The van der Waals surface area contributed by atoms with Crippen molar-refractivity contribution >= 4 is 28.8 Å². The van der Waals surface area contributed by atoms with Crippen LogP contribution in [0.1, 0.15) is 31.9 Å². The molecule has 2 aliphatic heterocycles. The highest BCUT2D eigenvalue weighted by Gasteiger charge is 2.47. The smallest absolute Gasteiger partial charge is 0.338 e. The van der Waals surface area contributed by atoms with Crippen molar-refractivity contribution in [2.24, 2.45) is 4.99 Å². The summed E-state index contributed by atoms with van der Waals surface area (Å²) in [4.78, 5) is 31.9. The molecule has 1 fully saturated rings. The molecule has 2 heterocycles. The summed E-state index contributed by atoms with van der Waals surface area (Å²) in [6.07, 6.45) is 2.20. The molecule has 1 aromatic rings. The fraction of sp³-hybridized carbons (Fsp3) is 0.350. The number of aliphatic imine (C=N–C) groups is 1. The van der Waals surface area contributed by atoms with Gasteiger partial charge in [0.25, 0.3) is 0 Å². The van der Waals surface area contributed by atoms with Crippen molar-refractivity contribution in [2.45, 2.75) is 31.6 Å². The lowest BCUT2D eigenvalue weighted by Crippen LogP contribution is -2.40. The van der Waals surface area contributed by atoms with Crippen molar-refractivity contribution in [3.63, 3.8) is 0 Å². The number of carbonyl (C=O) groups is 2. The third-order valence-corrected chi connectivity index (χ3v) is 5.80. The van der Waals surface area contributed by atoms with Crippen LogP contribution in [0.15, 0.2) is 53.2 Å². The minimum atomic E-state index is -0.596. The van der Waals surface area contributed by atoms with Crippen LogP contribution in [0.5, 0.6) is 5.75 Å². The Hall–Kier alpha value is -2.54. The van der Waals surface area contributed by atoms with E-state index in [2.05, 4.69) is 11.6 Å². The second-order valence-corrected chi connectivity index (χ2v) is 7.35. The van der Waals surface area contributed by atoms with Crippen LogP contribution in [0.2, 0.25) is 0 Å². The summed E-state index contributed by atoms with van der Waals surface area (Å²) in [6.45, 7) is 7.41. The molecule has 3 rings (SSSR count). The maximum Gasteiger partial charge on any atom is 0.338 e. The molecule has 142 valence electrons. The fourth-order valence-corrected chi connectivity index (χ4v) is 4.32. The predicted octanol–water partition coefficient (Wildman–Crippen LogP) is 3.46. The van der Waals surface area contributed by atoms with Gasteiger partial charge in [-0.2, -0.15) is 0 Å². The first-order chi connectivity index (χ1) is 13.0. The van der Waals surface area contributed by atoms with Crippen LogP contribution in [-0.2, 0) is 14.3 Å². The lowest BCUT2D eigenvalue weighted by Gasteiger charge is -2.33. The summed E-state index contributed by atoms with van der Waals surface area (Å²) >= 11 is 1.44.